The molecule has 0 saturated carbocycles. The van der Waals surface area contributed by atoms with Crippen LogP contribution in [0.25, 0.3) is 21.9 Å². The quantitative estimate of drug-likeness (QED) is 0.800. The van der Waals surface area contributed by atoms with Crippen molar-refractivity contribution in [2.45, 2.75) is 19.4 Å². The van der Waals surface area contributed by atoms with Crippen molar-refractivity contribution in [2.75, 3.05) is 25.4 Å². The van der Waals surface area contributed by atoms with E-state index in [1.807, 2.05) is 24.4 Å². The number of likely N-dealkylation sites (tertiary alicyclic amines) is 1. The van der Waals surface area contributed by atoms with Gasteiger partial charge in [0.2, 0.25) is 5.95 Å². The molecule has 1 fully saturated rings. The van der Waals surface area contributed by atoms with E-state index in [-0.39, 0.29) is 0 Å². The molecule has 1 aliphatic rings. The van der Waals surface area contributed by atoms with E-state index in [9.17, 15) is 0 Å². The zero-order valence-corrected chi connectivity index (χ0v) is 12.0. The fourth-order valence-corrected chi connectivity index (χ4v) is 3.25. The highest BCUT2D eigenvalue weighted by atomic mass is 15.2. The van der Waals surface area contributed by atoms with Crippen LogP contribution in [0, 0.1) is 0 Å². The fourth-order valence-electron chi connectivity index (χ4n) is 3.25. The van der Waals surface area contributed by atoms with Crippen LogP contribution in [0.2, 0.25) is 0 Å². The zero-order valence-electron chi connectivity index (χ0n) is 12.0. The summed E-state index contributed by atoms with van der Waals surface area (Å²) in [5, 5.41) is 1.13. The first-order valence-corrected chi connectivity index (χ1v) is 7.55. The summed E-state index contributed by atoms with van der Waals surface area (Å²) in [6.07, 6.45) is 4.44. The Labute approximate surface area is 123 Å². The number of hydrogen-bond acceptors (Lipinski definition) is 4. The van der Waals surface area contributed by atoms with Gasteiger partial charge in [0.25, 0.3) is 0 Å². The molecule has 0 aliphatic carbocycles. The number of benzene rings is 1. The van der Waals surface area contributed by atoms with E-state index < -0.39 is 0 Å². The molecule has 3 heterocycles. The highest BCUT2D eigenvalue weighted by molar-refractivity contribution is 6.02. The minimum Gasteiger partial charge on any atom is -0.369 e. The number of nitrogens with two attached hydrogens (primary N) is 1. The van der Waals surface area contributed by atoms with Gasteiger partial charge in [-0.2, -0.15) is 0 Å². The number of nitrogens with zero attached hydrogens (tertiary/aromatic N) is 4. The van der Waals surface area contributed by atoms with Gasteiger partial charge in [0.05, 0.1) is 17.2 Å². The second-order valence-corrected chi connectivity index (χ2v) is 5.68. The molecule has 0 spiro atoms. The first kappa shape index (κ1) is 12.6. The molecule has 1 aliphatic heterocycles. The van der Waals surface area contributed by atoms with Crippen molar-refractivity contribution in [3.05, 3.63) is 30.5 Å². The highest BCUT2D eigenvalue weighted by Gasteiger charge is 2.15. The molecule has 0 amide bonds. The van der Waals surface area contributed by atoms with E-state index in [0.717, 1.165) is 35.0 Å². The number of aromatic nitrogens is 3. The molecule has 1 saturated heterocycles. The van der Waals surface area contributed by atoms with Gasteiger partial charge in [-0.25, -0.2) is 4.98 Å². The molecule has 0 unspecified atom stereocenters. The third-order valence-electron chi connectivity index (χ3n) is 4.35. The number of imidazole rings is 1. The maximum Gasteiger partial charge on any atom is 0.201 e. The van der Waals surface area contributed by atoms with E-state index in [1.165, 1.54) is 25.9 Å². The third-order valence-corrected chi connectivity index (χ3v) is 4.35. The van der Waals surface area contributed by atoms with E-state index in [4.69, 9.17) is 5.73 Å². The predicted molar refractivity (Wildman–Crippen MR) is 85.1 cm³/mol. The molecule has 4 rings (SSSR count). The summed E-state index contributed by atoms with van der Waals surface area (Å²) in [4.78, 5) is 11.4. The van der Waals surface area contributed by atoms with Crippen LogP contribution in [0.1, 0.15) is 12.8 Å². The summed E-state index contributed by atoms with van der Waals surface area (Å²) in [5.74, 6) is 0.586. The topological polar surface area (TPSA) is 60.0 Å². The van der Waals surface area contributed by atoms with Crippen molar-refractivity contribution in [2.24, 2.45) is 0 Å². The fraction of sp³-hybridized carbons (Fsp3) is 0.375. The lowest BCUT2D eigenvalue weighted by Gasteiger charge is -2.16. The van der Waals surface area contributed by atoms with Crippen LogP contribution in [0.4, 0.5) is 5.95 Å². The third kappa shape index (κ3) is 2.14. The maximum absolute atomic E-state index is 6.13. The summed E-state index contributed by atoms with van der Waals surface area (Å²) in [6.45, 7) is 4.33. The average Bonchev–Trinajstić information content (AvgIpc) is 3.12. The number of nitrogen functional groups attached to an aromatic ring is 1. The van der Waals surface area contributed by atoms with Gasteiger partial charge in [0.1, 0.15) is 5.52 Å². The van der Waals surface area contributed by atoms with Crippen LogP contribution in [-0.2, 0) is 6.54 Å². The molecule has 0 radical (unpaired) electrons. The second-order valence-electron chi connectivity index (χ2n) is 5.68. The van der Waals surface area contributed by atoms with Gasteiger partial charge in [-0.1, -0.05) is 18.2 Å². The summed E-state index contributed by atoms with van der Waals surface area (Å²) in [6, 6.07) is 8.17. The lowest BCUT2D eigenvalue weighted by Crippen LogP contribution is -2.24. The van der Waals surface area contributed by atoms with Crippen LogP contribution in [0.3, 0.4) is 0 Å². The normalized spacial score (nSPS) is 16.2. The highest BCUT2D eigenvalue weighted by Crippen LogP contribution is 2.25. The van der Waals surface area contributed by atoms with Gasteiger partial charge in [-0.3, -0.25) is 4.98 Å². The minimum atomic E-state index is 0.586. The Kier molecular flexibility index (Phi) is 3.00. The molecule has 0 atom stereocenters. The number of fused-ring (bicyclic) bond motifs is 3. The smallest absolute Gasteiger partial charge is 0.201 e. The van der Waals surface area contributed by atoms with Gasteiger partial charge in [0, 0.05) is 18.5 Å². The Bertz CT molecular complexity index is 786. The molecule has 5 nitrogen and oxygen atoms in total. The number of rotatable bonds is 3. The SMILES string of the molecule is Nc1nc2cnc3ccccc3c2n1CCN1CCCC1. The number of anilines is 1. The van der Waals surface area contributed by atoms with Gasteiger partial charge >= 0.3 is 0 Å². The number of pyridine rings is 1. The Morgan fingerprint density at radius 1 is 1.05 bits per heavy atom. The molecule has 2 N–H and O–H groups in total. The lowest BCUT2D eigenvalue weighted by atomic mass is 10.2. The van der Waals surface area contributed by atoms with Crippen LogP contribution in [0.5, 0.6) is 0 Å². The molecule has 108 valence electrons. The van der Waals surface area contributed by atoms with E-state index in [0.29, 0.717) is 5.95 Å². The standard InChI is InChI=1S/C16H19N5/c17-16-19-14-11-18-13-6-2-1-5-12(13)15(14)21(16)10-9-20-7-3-4-8-20/h1-2,5-6,11H,3-4,7-10H2,(H2,17,19). The molecule has 1 aromatic carbocycles. The molecular weight excluding hydrogens is 262 g/mol. The Balaban J connectivity index is 1.79. The summed E-state index contributed by atoms with van der Waals surface area (Å²) in [5.41, 5.74) is 9.12. The van der Waals surface area contributed by atoms with Crippen molar-refractivity contribution in [1.82, 2.24) is 19.4 Å². The Morgan fingerprint density at radius 2 is 1.86 bits per heavy atom. The van der Waals surface area contributed by atoms with Crippen molar-refractivity contribution in [3.63, 3.8) is 0 Å². The predicted octanol–water partition coefficient (Wildman–Crippen LogP) is 2.26. The number of para-hydroxylation sites is 1. The largest absolute Gasteiger partial charge is 0.369 e. The molecule has 5 heteroatoms. The number of hydrogen-bond donors (Lipinski definition) is 1. The minimum absolute atomic E-state index is 0.586. The van der Waals surface area contributed by atoms with Crippen molar-refractivity contribution in [3.8, 4) is 0 Å². The Morgan fingerprint density at radius 3 is 2.71 bits per heavy atom. The molecule has 21 heavy (non-hydrogen) atoms. The van der Waals surface area contributed by atoms with Crippen LogP contribution in [0.15, 0.2) is 30.5 Å². The van der Waals surface area contributed by atoms with Gasteiger partial charge in [-0.15, -0.1) is 0 Å². The maximum atomic E-state index is 6.13. The van der Waals surface area contributed by atoms with Gasteiger partial charge in [-0.05, 0) is 32.0 Å². The summed E-state index contributed by atoms with van der Waals surface area (Å²) >= 11 is 0. The molecule has 2 aromatic heterocycles. The summed E-state index contributed by atoms with van der Waals surface area (Å²) in [7, 11) is 0. The monoisotopic (exact) mass is 281 g/mol. The van der Waals surface area contributed by atoms with Crippen LogP contribution < -0.4 is 5.73 Å². The average molecular weight is 281 g/mol. The molecule has 0 bridgehead atoms. The van der Waals surface area contributed by atoms with Crippen molar-refractivity contribution < 1.29 is 0 Å². The first-order valence-electron chi connectivity index (χ1n) is 7.55. The molecule has 3 aromatic rings. The first-order chi connectivity index (χ1) is 10.3. The van der Waals surface area contributed by atoms with E-state index in [1.54, 1.807) is 0 Å². The van der Waals surface area contributed by atoms with E-state index in [2.05, 4.69) is 25.5 Å². The van der Waals surface area contributed by atoms with Crippen molar-refractivity contribution in [1.29, 1.82) is 0 Å². The zero-order chi connectivity index (χ0) is 14.2. The second kappa shape index (κ2) is 5.00. The Hall–Kier alpha value is -2.14. The van der Waals surface area contributed by atoms with Crippen molar-refractivity contribution >= 4 is 27.9 Å². The van der Waals surface area contributed by atoms with E-state index >= 15 is 0 Å². The van der Waals surface area contributed by atoms with Gasteiger partial charge in [0.15, 0.2) is 0 Å². The van der Waals surface area contributed by atoms with Crippen LogP contribution >= 0.6 is 0 Å². The van der Waals surface area contributed by atoms with Crippen LogP contribution in [-0.4, -0.2) is 39.1 Å². The molecular formula is C16H19N5. The lowest BCUT2D eigenvalue weighted by molar-refractivity contribution is 0.325. The summed E-state index contributed by atoms with van der Waals surface area (Å²) < 4.78 is 2.14. The van der Waals surface area contributed by atoms with Gasteiger partial charge < -0.3 is 15.2 Å².